The summed E-state index contributed by atoms with van der Waals surface area (Å²) < 4.78 is 12.8. The lowest BCUT2D eigenvalue weighted by molar-refractivity contribution is 0.657. The summed E-state index contributed by atoms with van der Waals surface area (Å²) in [7, 11) is 0. The molecule has 0 aliphatic heterocycles. The Morgan fingerprint density at radius 2 is 2.10 bits per heavy atom. The van der Waals surface area contributed by atoms with Crippen molar-refractivity contribution < 1.29 is 4.39 Å². The zero-order valence-electron chi connectivity index (χ0n) is 6.32. The molecule has 0 atom stereocenters. The largest absolute Gasteiger partial charge is 0.207 e. The van der Waals surface area contributed by atoms with Crippen molar-refractivity contribution in [1.29, 1.82) is 0 Å². The molecule has 0 nitrogen and oxygen atoms in total. The summed E-state index contributed by atoms with van der Waals surface area (Å²) in [5, 5.41) is 0. The van der Waals surface area contributed by atoms with Gasteiger partial charge in [0.25, 0.3) is 0 Å². The molecule has 0 unspecified atom stereocenters. The van der Waals surface area contributed by atoms with Crippen LogP contribution in [0.15, 0.2) is 35.2 Å². The van der Waals surface area contributed by atoms with E-state index >= 15 is 0 Å². The van der Waals surface area contributed by atoms with Gasteiger partial charge in [0.05, 0.1) is 0 Å². The number of hydrogen-bond donors (Lipinski definition) is 0. The fraction of sp³-hybridized carbons (Fsp3) is 0.333. The highest BCUT2D eigenvalue weighted by Crippen LogP contribution is 2.17. The van der Waals surface area contributed by atoms with Gasteiger partial charge >= 0.3 is 0 Å². The molecule has 1 rings (SSSR count). The molecule has 0 aromatic rings. The normalized spacial score (nSPS) is 18.9. The van der Waals surface area contributed by atoms with Crippen molar-refractivity contribution in [2.24, 2.45) is 0 Å². The topological polar surface area (TPSA) is 0 Å². The van der Waals surface area contributed by atoms with E-state index in [2.05, 4.69) is 0 Å². The molecule has 0 aromatic carbocycles. The molecular formula is C9H11F. The second kappa shape index (κ2) is 2.82. The predicted molar refractivity (Wildman–Crippen MR) is 41.3 cm³/mol. The Labute approximate surface area is 60.7 Å². The fourth-order valence-corrected chi connectivity index (χ4v) is 0.890. The van der Waals surface area contributed by atoms with E-state index in [0.717, 1.165) is 17.6 Å². The smallest absolute Gasteiger partial charge is 0.126 e. The van der Waals surface area contributed by atoms with Crippen LogP contribution in [0.4, 0.5) is 4.39 Å². The van der Waals surface area contributed by atoms with Crippen molar-refractivity contribution in [1.82, 2.24) is 0 Å². The molecule has 1 heteroatoms. The third-order valence-electron chi connectivity index (χ3n) is 1.56. The number of hydrogen-bond acceptors (Lipinski definition) is 0. The van der Waals surface area contributed by atoms with Gasteiger partial charge in [0.15, 0.2) is 0 Å². The zero-order chi connectivity index (χ0) is 7.56. The van der Waals surface area contributed by atoms with Gasteiger partial charge in [0, 0.05) is 0 Å². The molecule has 1 aliphatic rings. The number of allylic oxidation sites excluding steroid dienone is 6. The monoisotopic (exact) mass is 138 g/mol. The molecule has 0 heterocycles. The van der Waals surface area contributed by atoms with Crippen LogP contribution >= 0.6 is 0 Å². The van der Waals surface area contributed by atoms with Gasteiger partial charge in [0.2, 0.25) is 0 Å². The molecule has 0 saturated heterocycles. The van der Waals surface area contributed by atoms with Gasteiger partial charge < -0.3 is 0 Å². The molecular weight excluding hydrogens is 127 g/mol. The molecule has 0 bridgehead atoms. The van der Waals surface area contributed by atoms with Crippen LogP contribution in [0.2, 0.25) is 0 Å². The average molecular weight is 138 g/mol. The van der Waals surface area contributed by atoms with E-state index in [0.29, 0.717) is 0 Å². The van der Waals surface area contributed by atoms with E-state index in [-0.39, 0.29) is 5.83 Å². The third kappa shape index (κ3) is 1.56. The molecule has 54 valence electrons. The summed E-state index contributed by atoms with van der Waals surface area (Å²) in [5.41, 5.74) is 1.79. The van der Waals surface area contributed by atoms with E-state index in [1.54, 1.807) is 13.0 Å². The molecule has 1 aliphatic carbocycles. The van der Waals surface area contributed by atoms with Gasteiger partial charge in [-0.25, -0.2) is 4.39 Å². The number of rotatable bonds is 0. The molecule has 10 heavy (non-hydrogen) atoms. The average Bonchev–Trinajstić information content (AvgIpc) is 1.96. The Balaban J connectivity index is 2.98. The van der Waals surface area contributed by atoms with Crippen molar-refractivity contribution in [3.8, 4) is 0 Å². The lowest BCUT2D eigenvalue weighted by Crippen LogP contribution is -1.72. The quantitative estimate of drug-likeness (QED) is 0.482. The minimum atomic E-state index is -0.105. The standard InChI is InChI=1S/C9H11F/c1-7-4-3-5-8(2)9(10)6-7/h3,5-6H,4H2,1-2H3. The molecule has 0 spiro atoms. The summed E-state index contributed by atoms with van der Waals surface area (Å²) in [6.07, 6.45) is 6.26. The lowest BCUT2D eigenvalue weighted by atomic mass is 10.2. The van der Waals surface area contributed by atoms with E-state index < -0.39 is 0 Å². The van der Waals surface area contributed by atoms with Gasteiger partial charge in [-0.3, -0.25) is 0 Å². The highest BCUT2D eigenvalue weighted by molar-refractivity contribution is 5.32. The first-order valence-electron chi connectivity index (χ1n) is 3.40. The van der Waals surface area contributed by atoms with Gasteiger partial charge in [-0.2, -0.15) is 0 Å². The predicted octanol–water partition coefficient (Wildman–Crippen LogP) is 3.14. The maximum atomic E-state index is 12.8. The maximum absolute atomic E-state index is 12.8. The van der Waals surface area contributed by atoms with Crippen molar-refractivity contribution in [2.45, 2.75) is 20.3 Å². The van der Waals surface area contributed by atoms with Crippen molar-refractivity contribution in [3.63, 3.8) is 0 Å². The molecule has 0 saturated carbocycles. The highest BCUT2D eigenvalue weighted by atomic mass is 19.1. The molecule has 0 N–H and O–H groups in total. The lowest BCUT2D eigenvalue weighted by Gasteiger charge is -1.90. The Kier molecular flexibility index (Phi) is 2.05. The first kappa shape index (κ1) is 7.26. The highest BCUT2D eigenvalue weighted by Gasteiger charge is 1.98. The molecule has 0 radical (unpaired) electrons. The second-order valence-corrected chi connectivity index (χ2v) is 2.63. The van der Waals surface area contributed by atoms with Gasteiger partial charge in [-0.05, 0) is 31.9 Å². The van der Waals surface area contributed by atoms with Crippen LogP contribution in [0.25, 0.3) is 0 Å². The Morgan fingerprint density at radius 1 is 1.40 bits per heavy atom. The van der Waals surface area contributed by atoms with Gasteiger partial charge in [-0.15, -0.1) is 0 Å². The molecule has 0 aromatic heterocycles. The van der Waals surface area contributed by atoms with E-state index in [1.807, 2.05) is 19.1 Å². The summed E-state index contributed by atoms with van der Waals surface area (Å²) in [5.74, 6) is -0.105. The second-order valence-electron chi connectivity index (χ2n) is 2.63. The van der Waals surface area contributed by atoms with Crippen LogP contribution in [-0.2, 0) is 0 Å². The van der Waals surface area contributed by atoms with E-state index in [9.17, 15) is 4.39 Å². The zero-order valence-corrected chi connectivity index (χ0v) is 6.32. The first-order valence-corrected chi connectivity index (χ1v) is 3.40. The van der Waals surface area contributed by atoms with Crippen molar-refractivity contribution in [3.05, 3.63) is 35.2 Å². The van der Waals surface area contributed by atoms with Crippen LogP contribution in [0.5, 0.6) is 0 Å². The van der Waals surface area contributed by atoms with Crippen LogP contribution in [0, 0.1) is 0 Å². The number of halogens is 1. The van der Waals surface area contributed by atoms with Crippen molar-refractivity contribution in [2.75, 3.05) is 0 Å². The fourth-order valence-electron chi connectivity index (χ4n) is 0.890. The Bertz CT molecular complexity index is 219. The van der Waals surface area contributed by atoms with Crippen molar-refractivity contribution >= 4 is 0 Å². The van der Waals surface area contributed by atoms with Crippen LogP contribution < -0.4 is 0 Å². The summed E-state index contributed by atoms with van der Waals surface area (Å²) >= 11 is 0. The first-order chi connectivity index (χ1) is 4.70. The summed E-state index contributed by atoms with van der Waals surface area (Å²) in [6, 6.07) is 0. The molecule has 0 fully saturated rings. The minimum absolute atomic E-state index is 0.105. The maximum Gasteiger partial charge on any atom is 0.126 e. The third-order valence-corrected chi connectivity index (χ3v) is 1.56. The summed E-state index contributed by atoms with van der Waals surface area (Å²) in [6.45, 7) is 3.71. The van der Waals surface area contributed by atoms with Crippen LogP contribution in [0.1, 0.15) is 20.3 Å². The van der Waals surface area contributed by atoms with E-state index in [4.69, 9.17) is 0 Å². The van der Waals surface area contributed by atoms with Gasteiger partial charge in [-0.1, -0.05) is 17.7 Å². The minimum Gasteiger partial charge on any atom is -0.207 e. The SMILES string of the molecule is CC1=CC(F)=C(C)C=CC1. The molecule has 0 amide bonds. The summed E-state index contributed by atoms with van der Waals surface area (Å²) in [4.78, 5) is 0. The van der Waals surface area contributed by atoms with Crippen LogP contribution in [-0.4, -0.2) is 0 Å². The Morgan fingerprint density at radius 3 is 2.80 bits per heavy atom. The van der Waals surface area contributed by atoms with Gasteiger partial charge in [0.1, 0.15) is 5.83 Å². The Hall–Kier alpha value is -0.850. The van der Waals surface area contributed by atoms with Crippen LogP contribution in [0.3, 0.4) is 0 Å². The van der Waals surface area contributed by atoms with E-state index in [1.165, 1.54) is 0 Å².